The van der Waals surface area contributed by atoms with E-state index in [2.05, 4.69) is 65.1 Å². The first kappa shape index (κ1) is 15.0. The van der Waals surface area contributed by atoms with E-state index in [0.717, 1.165) is 12.2 Å². The number of aryl methyl sites for hydroxylation is 1. The van der Waals surface area contributed by atoms with E-state index >= 15 is 0 Å². The van der Waals surface area contributed by atoms with Crippen LogP contribution in [0.1, 0.15) is 31.0 Å². The van der Waals surface area contributed by atoms with Gasteiger partial charge in [0.1, 0.15) is 0 Å². The van der Waals surface area contributed by atoms with Crippen LogP contribution in [0.4, 0.5) is 0 Å². The van der Waals surface area contributed by atoms with Crippen LogP contribution in [-0.4, -0.2) is 26.0 Å². The van der Waals surface area contributed by atoms with Crippen molar-refractivity contribution < 1.29 is 0 Å². The summed E-state index contributed by atoms with van der Waals surface area (Å²) < 4.78 is 2.02. The van der Waals surface area contributed by atoms with Gasteiger partial charge in [0.25, 0.3) is 0 Å². The molecule has 0 fully saturated rings. The summed E-state index contributed by atoms with van der Waals surface area (Å²) in [6.07, 6.45) is 5.88. The zero-order valence-corrected chi connectivity index (χ0v) is 13.9. The Labute approximate surface area is 134 Å². The van der Waals surface area contributed by atoms with Crippen LogP contribution in [0.3, 0.4) is 0 Å². The normalized spacial score (nSPS) is 14.1. The molecule has 6 heteroatoms. The van der Waals surface area contributed by atoms with Crippen LogP contribution in [0.15, 0.2) is 36.1 Å². The second-order valence-corrected chi connectivity index (χ2v) is 6.60. The lowest BCUT2D eigenvalue weighted by molar-refractivity contribution is 0.365. The maximum atomic E-state index is 4.40. The fraction of sp³-hybridized carbons (Fsp3) is 0.375. The Kier molecular flexibility index (Phi) is 4.40. The number of hydrogen-bond acceptors (Lipinski definition) is 4. The molecule has 0 spiro atoms. The summed E-state index contributed by atoms with van der Waals surface area (Å²) in [5.74, 6) is 0. The third kappa shape index (κ3) is 3.13. The Morgan fingerprint density at radius 3 is 2.91 bits per heavy atom. The fourth-order valence-corrected chi connectivity index (χ4v) is 3.16. The minimum Gasteiger partial charge on any atom is -0.308 e. The zero-order chi connectivity index (χ0) is 15.5. The highest BCUT2D eigenvalue weighted by molar-refractivity contribution is 7.13. The van der Waals surface area contributed by atoms with Gasteiger partial charge in [-0.15, -0.1) is 11.3 Å². The van der Waals surface area contributed by atoms with Gasteiger partial charge in [-0.2, -0.15) is 10.2 Å². The van der Waals surface area contributed by atoms with Gasteiger partial charge in [0.05, 0.1) is 29.0 Å². The molecule has 2 atom stereocenters. The molecular weight excluding hydrogens is 294 g/mol. The van der Waals surface area contributed by atoms with Gasteiger partial charge in [-0.25, -0.2) is 0 Å². The van der Waals surface area contributed by atoms with Crippen molar-refractivity contribution in [2.24, 2.45) is 0 Å². The van der Waals surface area contributed by atoms with Crippen molar-refractivity contribution in [3.8, 4) is 10.6 Å². The summed E-state index contributed by atoms with van der Waals surface area (Å²) in [6.45, 7) is 7.22. The molecule has 0 radical (unpaired) electrons. The van der Waals surface area contributed by atoms with Gasteiger partial charge in [0, 0.05) is 24.3 Å². The molecule has 3 heterocycles. The first-order valence-corrected chi connectivity index (χ1v) is 8.33. The zero-order valence-electron chi connectivity index (χ0n) is 13.1. The highest BCUT2D eigenvalue weighted by Crippen LogP contribution is 2.25. The van der Waals surface area contributed by atoms with Crippen LogP contribution in [0.25, 0.3) is 10.6 Å². The number of aromatic nitrogens is 4. The highest BCUT2D eigenvalue weighted by atomic mass is 32.1. The Balaban J connectivity index is 1.64. The molecule has 0 bridgehead atoms. The first-order valence-electron chi connectivity index (χ1n) is 7.45. The summed E-state index contributed by atoms with van der Waals surface area (Å²) in [7, 11) is 0. The maximum Gasteiger partial charge on any atom is 0.0794 e. The molecule has 3 rings (SSSR count). The molecule has 0 aliphatic rings. The molecule has 22 heavy (non-hydrogen) atoms. The quantitative estimate of drug-likeness (QED) is 0.733. The van der Waals surface area contributed by atoms with Gasteiger partial charge >= 0.3 is 0 Å². The average molecular weight is 315 g/mol. The largest absolute Gasteiger partial charge is 0.308 e. The molecule has 0 saturated carbocycles. The second kappa shape index (κ2) is 6.46. The van der Waals surface area contributed by atoms with Crippen molar-refractivity contribution >= 4 is 11.3 Å². The number of hydrogen-bond donors (Lipinski definition) is 2. The van der Waals surface area contributed by atoms with E-state index in [1.54, 1.807) is 11.3 Å². The van der Waals surface area contributed by atoms with E-state index in [1.165, 1.54) is 16.0 Å². The fourth-order valence-electron chi connectivity index (χ4n) is 2.41. The van der Waals surface area contributed by atoms with Crippen LogP contribution in [0.2, 0.25) is 0 Å². The van der Waals surface area contributed by atoms with Crippen LogP contribution in [0.5, 0.6) is 0 Å². The Hall–Kier alpha value is -1.92. The SMILES string of the molecule is Cc1cnn([C@H](C)[C@@H](C)NCc2cn[nH]c2-c2cccs2)c1. The number of rotatable bonds is 6. The second-order valence-electron chi connectivity index (χ2n) is 5.66. The number of H-pyrrole nitrogens is 1. The summed E-state index contributed by atoms with van der Waals surface area (Å²) in [4.78, 5) is 1.22. The molecule has 3 aromatic rings. The monoisotopic (exact) mass is 315 g/mol. The lowest BCUT2D eigenvalue weighted by atomic mass is 10.1. The summed E-state index contributed by atoms with van der Waals surface area (Å²) in [5.41, 5.74) is 3.49. The van der Waals surface area contributed by atoms with E-state index in [4.69, 9.17) is 0 Å². The third-order valence-electron chi connectivity index (χ3n) is 3.97. The highest BCUT2D eigenvalue weighted by Gasteiger charge is 2.16. The Bertz CT molecular complexity index is 713. The maximum absolute atomic E-state index is 4.40. The van der Waals surface area contributed by atoms with Crippen molar-refractivity contribution in [2.45, 2.75) is 39.4 Å². The molecule has 0 aliphatic carbocycles. The van der Waals surface area contributed by atoms with Crippen LogP contribution < -0.4 is 5.32 Å². The minimum absolute atomic E-state index is 0.297. The molecule has 0 aromatic carbocycles. The van der Waals surface area contributed by atoms with E-state index in [-0.39, 0.29) is 0 Å². The molecule has 3 aromatic heterocycles. The van der Waals surface area contributed by atoms with E-state index < -0.39 is 0 Å². The Morgan fingerprint density at radius 1 is 1.36 bits per heavy atom. The molecule has 116 valence electrons. The predicted molar refractivity (Wildman–Crippen MR) is 89.9 cm³/mol. The van der Waals surface area contributed by atoms with Gasteiger partial charge in [-0.1, -0.05) is 6.07 Å². The number of thiophene rings is 1. The summed E-state index contributed by atoms with van der Waals surface area (Å²) >= 11 is 1.72. The number of nitrogens with zero attached hydrogens (tertiary/aromatic N) is 3. The third-order valence-corrected chi connectivity index (χ3v) is 4.86. The van der Waals surface area contributed by atoms with Crippen molar-refractivity contribution in [2.75, 3.05) is 0 Å². The molecular formula is C16H21N5S. The van der Waals surface area contributed by atoms with Crippen molar-refractivity contribution in [3.05, 3.63) is 47.2 Å². The van der Waals surface area contributed by atoms with Gasteiger partial charge in [0.15, 0.2) is 0 Å². The first-order chi connectivity index (χ1) is 10.6. The predicted octanol–water partition coefficient (Wildman–Crippen LogP) is 3.38. The number of nitrogens with one attached hydrogen (secondary N) is 2. The molecule has 0 aliphatic heterocycles. The lowest BCUT2D eigenvalue weighted by Crippen LogP contribution is -2.33. The van der Waals surface area contributed by atoms with Crippen molar-refractivity contribution in [1.29, 1.82) is 0 Å². The van der Waals surface area contributed by atoms with E-state index in [1.807, 2.05) is 17.1 Å². The van der Waals surface area contributed by atoms with Gasteiger partial charge in [0.2, 0.25) is 0 Å². The van der Waals surface area contributed by atoms with Gasteiger partial charge in [-0.05, 0) is 37.8 Å². The standard InChI is InChI=1S/C16H21N5S/c1-11-7-19-21(10-11)13(3)12(2)17-8-14-9-18-20-16(14)15-5-4-6-22-15/h4-7,9-10,12-13,17H,8H2,1-3H3,(H,18,20)/t12-,13-/m1/s1. The summed E-state index contributed by atoms with van der Waals surface area (Å²) in [6, 6.07) is 4.78. The molecule has 0 unspecified atom stereocenters. The van der Waals surface area contributed by atoms with E-state index in [0.29, 0.717) is 12.1 Å². The Morgan fingerprint density at radius 2 is 2.23 bits per heavy atom. The van der Waals surface area contributed by atoms with E-state index in [9.17, 15) is 0 Å². The minimum atomic E-state index is 0.297. The van der Waals surface area contributed by atoms with Gasteiger partial charge in [-0.3, -0.25) is 9.78 Å². The number of aromatic amines is 1. The average Bonchev–Trinajstić information content (AvgIpc) is 3.24. The molecule has 0 amide bonds. The molecule has 0 saturated heterocycles. The smallest absolute Gasteiger partial charge is 0.0794 e. The van der Waals surface area contributed by atoms with Crippen LogP contribution in [0, 0.1) is 6.92 Å². The van der Waals surface area contributed by atoms with Gasteiger partial charge < -0.3 is 5.32 Å². The van der Waals surface area contributed by atoms with Crippen molar-refractivity contribution in [1.82, 2.24) is 25.3 Å². The van der Waals surface area contributed by atoms with Crippen LogP contribution >= 0.6 is 11.3 Å². The molecule has 5 nitrogen and oxygen atoms in total. The topological polar surface area (TPSA) is 58.5 Å². The lowest BCUT2D eigenvalue weighted by Gasteiger charge is -2.21. The van der Waals surface area contributed by atoms with Crippen LogP contribution in [-0.2, 0) is 6.54 Å². The molecule has 2 N–H and O–H groups in total. The summed E-state index contributed by atoms with van der Waals surface area (Å²) in [5, 5.41) is 17.3. The van der Waals surface area contributed by atoms with Crippen molar-refractivity contribution in [3.63, 3.8) is 0 Å².